The second-order valence-corrected chi connectivity index (χ2v) is 3.68. The zero-order valence-electron chi connectivity index (χ0n) is 10.4. The topological polar surface area (TPSA) is 113 Å². The van der Waals surface area contributed by atoms with Gasteiger partial charge in [0.25, 0.3) is 0 Å². The van der Waals surface area contributed by atoms with Crippen LogP contribution >= 0.6 is 0 Å². The van der Waals surface area contributed by atoms with Gasteiger partial charge in [-0.3, -0.25) is 0 Å². The molecule has 0 aromatic heterocycles. The highest BCUT2D eigenvalue weighted by Crippen LogP contribution is 2.25. The largest absolute Gasteiger partial charge is 0.507 e. The number of phenols is 1. The van der Waals surface area contributed by atoms with Gasteiger partial charge in [-0.05, 0) is 17.7 Å². The number of hydrogen-bond acceptors (Lipinski definition) is 7. The van der Waals surface area contributed by atoms with Crippen LogP contribution in [0.3, 0.4) is 0 Å². The van der Waals surface area contributed by atoms with Crippen molar-refractivity contribution in [3.05, 3.63) is 29.3 Å². The number of ether oxygens (including phenoxy) is 2. The summed E-state index contributed by atoms with van der Waals surface area (Å²) in [7, 11) is 2.20. The van der Waals surface area contributed by atoms with Gasteiger partial charge >= 0.3 is 11.9 Å². The van der Waals surface area contributed by atoms with Crippen molar-refractivity contribution in [1.29, 1.82) is 0 Å². The molecule has 7 nitrogen and oxygen atoms in total. The highest BCUT2D eigenvalue weighted by atomic mass is 16.5. The Balaban J connectivity index is 3.08. The molecule has 0 bridgehead atoms. The quantitative estimate of drug-likeness (QED) is 0.646. The zero-order chi connectivity index (χ0) is 14.6. The van der Waals surface area contributed by atoms with Crippen molar-refractivity contribution in [2.45, 2.75) is 12.2 Å². The Labute approximate surface area is 109 Å². The van der Waals surface area contributed by atoms with Crippen LogP contribution in [0.1, 0.15) is 22.0 Å². The van der Waals surface area contributed by atoms with E-state index in [9.17, 15) is 24.9 Å². The molecule has 0 radical (unpaired) electrons. The number of hydrogen-bond donors (Lipinski definition) is 3. The molecule has 0 saturated carbocycles. The van der Waals surface area contributed by atoms with Gasteiger partial charge in [-0.15, -0.1) is 0 Å². The van der Waals surface area contributed by atoms with Crippen molar-refractivity contribution >= 4 is 11.9 Å². The molecule has 7 heteroatoms. The number of aliphatic hydroxyl groups excluding tert-OH is 2. The molecule has 0 heterocycles. The number of carbonyl (C=O) groups excluding carboxylic acids is 2. The minimum atomic E-state index is -1.79. The van der Waals surface area contributed by atoms with E-state index in [1.807, 2.05) is 0 Å². The van der Waals surface area contributed by atoms with E-state index >= 15 is 0 Å². The van der Waals surface area contributed by atoms with Gasteiger partial charge in [-0.25, -0.2) is 9.59 Å². The number of aromatic hydroxyl groups is 1. The van der Waals surface area contributed by atoms with Gasteiger partial charge in [0.2, 0.25) is 0 Å². The summed E-state index contributed by atoms with van der Waals surface area (Å²) in [6.45, 7) is 0. The summed E-state index contributed by atoms with van der Waals surface area (Å²) in [6, 6.07) is 3.53. The van der Waals surface area contributed by atoms with E-state index in [-0.39, 0.29) is 16.9 Å². The van der Waals surface area contributed by atoms with Gasteiger partial charge in [0, 0.05) is 0 Å². The van der Waals surface area contributed by atoms with E-state index in [4.69, 9.17) is 0 Å². The summed E-state index contributed by atoms with van der Waals surface area (Å²) in [5, 5.41) is 28.7. The van der Waals surface area contributed by atoms with E-state index in [1.54, 1.807) is 0 Å². The lowest BCUT2D eigenvalue weighted by Gasteiger charge is -2.16. The first-order valence-corrected chi connectivity index (χ1v) is 5.27. The van der Waals surface area contributed by atoms with Crippen LogP contribution in [-0.4, -0.2) is 47.6 Å². The Hall–Kier alpha value is -2.12. The molecule has 1 aromatic carbocycles. The molecule has 3 N–H and O–H groups in total. The van der Waals surface area contributed by atoms with Crippen LogP contribution in [0.25, 0.3) is 0 Å². The first-order chi connectivity index (χ1) is 8.92. The summed E-state index contributed by atoms with van der Waals surface area (Å²) in [6.07, 6.45) is -3.38. The molecule has 1 rings (SSSR count). The molecule has 0 spiro atoms. The zero-order valence-corrected chi connectivity index (χ0v) is 10.4. The van der Waals surface area contributed by atoms with Gasteiger partial charge in [0.1, 0.15) is 17.4 Å². The summed E-state index contributed by atoms with van der Waals surface area (Å²) in [5.41, 5.74) is -0.118. The van der Waals surface area contributed by atoms with Crippen LogP contribution in [0, 0.1) is 0 Å². The molecular weight excluding hydrogens is 256 g/mol. The number of aliphatic hydroxyl groups is 2. The summed E-state index contributed by atoms with van der Waals surface area (Å²) in [5.74, 6) is -2.16. The molecule has 19 heavy (non-hydrogen) atoms. The lowest BCUT2D eigenvalue weighted by atomic mass is 10.0. The SMILES string of the molecule is COC(=O)c1cc(C(O)C(O)C(=O)OC)ccc1O. The molecular formula is C12H14O7. The van der Waals surface area contributed by atoms with E-state index in [2.05, 4.69) is 9.47 Å². The van der Waals surface area contributed by atoms with E-state index in [0.29, 0.717) is 0 Å². The highest BCUT2D eigenvalue weighted by Gasteiger charge is 2.27. The second-order valence-electron chi connectivity index (χ2n) is 3.68. The Bertz CT molecular complexity index is 483. The van der Waals surface area contributed by atoms with Crippen LogP contribution in [-0.2, 0) is 14.3 Å². The number of esters is 2. The summed E-state index contributed by atoms with van der Waals surface area (Å²) in [4.78, 5) is 22.4. The maximum atomic E-state index is 11.4. The van der Waals surface area contributed by atoms with E-state index in [0.717, 1.165) is 26.4 Å². The lowest BCUT2D eigenvalue weighted by molar-refractivity contribution is -0.156. The Morgan fingerprint density at radius 1 is 1.16 bits per heavy atom. The number of phenolic OH excluding ortho intramolecular Hbond substituents is 1. The first-order valence-electron chi connectivity index (χ1n) is 5.27. The number of benzene rings is 1. The lowest BCUT2D eigenvalue weighted by Crippen LogP contribution is -2.29. The van der Waals surface area contributed by atoms with Gasteiger partial charge in [0.15, 0.2) is 6.10 Å². The molecule has 104 valence electrons. The predicted molar refractivity (Wildman–Crippen MR) is 62.4 cm³/mol. The van der Waals surface area contributed by atoms with Gasteiger partial charge < -0.3 is 24.8 Å². The van der Waals surface area contributed by atoms with Crippen molar-refractivity contribution in [2.24, 2.45) is 0 Å². The smallest absolute Gasteiger partial charge is 0.341 e. The van der Waals surface area contributed by atoms with Crippen LogP contribution in [0.2, 0.25) is 0 Å². The van der Waals surface area contributed by atoms with E-state index in [1.165, 1.54) is 6.07 Å². The minimum Gasteiger partial charge on any atom is -0.507 e. The minimum absolute atomic E-state index is 0.0658. The predicted octanol–water partition coefficient (Wildman–Crippen LogP) is -0.254. The molecule has 0 aliphatic rings. The third-order valence-electron chi connectivity index (χ3n) is 2.51. The van der Waals surface area contributed by atoms with Crippen molar-refractivity contribution < 1.29 is 34.4 Å². The van der Waals surface area contributed by atoms with E-state index < -0.39 is 24.1 Å². The van der Waals surface area contributed by atoms with Gasteiger partial charge in [0.05, 0.1) is 14.2 Å². The third kappa shape index (κ3) is 3.21. The number of methoxy groups -OCH3 is 2. The molecule has 2 atom stereocenters. The summed E-state index contributed by atoms with van der Waals surface area (Å²) >= 11 is 0. The van der Waals surface area contributed by atoms with Crippen molar-refractivity contribution in [1.82, 2.24) is 0 Å². The van der Waals surface area contributed by atoms with Crippen LogP contribution in [0.15, 0.2) is 18.2 Å². The molecule has 0 aliphatic carbocycles. The summed E-state index contributed by atoms with van der Waals surface area (Å²) < 4.78 is 8.73. The van der Waals surface area contributed by atoms with Crippen molar-refractivity contribution in [3.63, 3.8) is 0 Å². The van der Waals surface area contributed by atoms with Crippen LogP contribution in [0.5, 0.6) is 5.75 Å². The molecule has 2 unspecified atom stereocenters. The fourth-order valence-electron chi connectivity index (χ4n) is 1.44. The molecule has 1 aromatic rings. The van der Waals surface area contributed by atoms with Crippen molar-refractivity contribution in [2.75, 3.05) is 14.2 Å². The monoisotopic (exact) mass is 270 g/mol. The first kappa shape index (κ1) is 14.9. The normalized spacial score (nSPS) is 13.5. The fraction of sp³-hybridized carbons (Fsp3) is 0.333. The van der Waals surface area contributed by atoms with Gasteiger partial charge in [-0.1, -0.05) is 6.07 Å². The standard InChI is InChI=1S/C12H14O7/c1-18-11(16)7-5-6(3-4-8(7)13)9(14)10(15)12(17)19-2/h3-5,9-10,13-15H,1-2H3. The molecule has 0 aliphatic heterocycles. The average molecular weight is 270 g/mol. The third-order valence-corrected chi connectivity index (χ3v) is 2.51. The Morgan fingerprint density at radius 2 is 1.79 bits per heavy atom. The molecule has 0 fully saturated rings. The van der Waals surface area contributed by atoms with Crippen LogP contribution in [0.4, 0.5) is 0 Å². The Kier molecular flexibility index (Phi) is 4.85. The highest BCUT2D eigenvalue weighted by molar-refractivity contribution is 5.92. The average Bonchev–Trinajstić information content (AvgIpc) is 2.44. The fourth-order valence-corrected chi connectivity index (χ4v) is 1.44. The molecule has 0 amide bonds. The second kappa shape index (κ2) is 6.17. The maximum Gasteiger partial charge on any atom is 0.341 e. The number of rotatable bonds is 4. The maximum absolute atomic E-state index is 11.4. The Morgan fingerprint density at radius 3 is 2.32 bits per heavy atom. The van der Waals surface area contributed by atoms with Crippen LogP contribution < -0.4 is 0 Å². The molecule has 0 saturated heterocycles. The van der Waals surface area contributed by atoms with Gasteiger partial charge in [-0.2, -0.15) is 0 Å². The number of carbonyl (C=O) groups is 2. The van der Waals surface area contributed by atoms with Crippen molar-refractivity contribution in [3.8, 4) is 5.75 Å².